The number of ether oxygens (including phenoxy) is 3. The number of fused-ring (bicyclic) bond motifs is 3. The molecule has 1 N–H and O–H groups in total. The van der Waals surface area contributed by atoms with Crippen LogP contribution in [-0.2, 0) is 32.5 Å². The lowest BCUT2D eigenvalue weighted by Crippen LogP contribution is -2.63. The fourth-order valence-corrected chi connectivity index (χ4v) is 10.1. The fraction of sp³-hybridized carbons (Fsp3) is 0.658. The van der Waals surface area contributed by atoms with Crippen molar-refractivity contribution in [3.63, 3.8) is 0 Å². The van der Waals surface area contributed by atoms with Crippen LogP contribution >= 0.6 is 11.6 Å². The Balaban J connectivity index is 1.18. The van der Waals surface area contributed by atoms with Crippen molar-refractivity contribution in [2.45, 2.75) is 95.3 Å². The van der Waals surface area contributed by atoms with Crippen molar-refractivity contribution >= 4 is 33.2 Å². The van der Waals surface area contributed by atoms with E-state index in [1.807, 2.05) is 25.1 Å². The smallest absolute Gasteiger partial charge is 0.272 e. The van der Waals surface area contributed by atoms with Gasteiger partial charge in [-0.1, -0.05) is 31.0 Å². The molecule has 4 aliphatic heterocycles. The molecule has 3 fully saturated rings. The normalized spacial score (nSPS) is 33.2. The number of anilines is 1. The third kappa shape index (κ3) is 8.20. The van der Waals surface area contributed by atoms with Crippen LogP contribution in [0, 0.1) is 23.7 Å². The Morgan fingerprint density at radius 3 is 2.43 bits per heavy atom. The maximum absolute atomic E-state index is 13.6. The molecule has 2 aromatic carbocycles. The second-order valence-electron chi connectivity index (χ2n) is 15.5. The first-order chi connectivity index (χ1) is 24.4. The lowest BCUT2D eigenvalue weighted by atomic mass is 9.65. The summed E-state index contributed by atoms with van der Waals surface area (Å²) < 4.78 is 75.7. The molecule has 0 spiro atoms. The average Bonchev–Trinajstić information content (AvgIpc) is 3.10. The minimum Gasteiger partial charge on any atom is -0.487 e. The number of nitrogens with one attached hydrogen (secondary N) is 1. The second kappa shape index (κ2) is 15.1. The number of rotatable bonds is 2. The summed E-state index contributed by atoms with van der Waals surface area (Å²) in [6.07, 6.45) is 6.57. The quantitative estimate of drug-likeness (QED) is 0.364. The molecule has 2 saturated heterocycles. The van der Waals surface area contributed by atoms with Crippen LogP contribution < -0.4 is 14.4 Å². The molecule has 7 rings (SSSR count). The van der Waals surface area contributed by atoms with Crippen LogP contribution in [0.5, 0.6) is 5.75 Å². The van der Waals surface area contributed by atoms with Gasteiger partial charge in [0.15, 0.2) is 6.29 Å². The van der Waals surface area contributed by atoms with E-state index < -0.39 is 33.4 Å². The van der Waals surface area contributed by atoms with Gasteiger partial charge in [0.1, 0.15) is 12.4 Å². The number of hydrogen-bond donors (Lipinski definition) is 1. The Bertz CT molecular complexity index is 1680. The highest BCUT2D eigenvalue weighted by atomic mass is 35.5. The highest BCUT2D eigenvalue weighted by Gasteiger charge is 2.49. The van der Waals surface area contributed by atoms with E-state index in [2.05, 4.69) is 9.62 Å². The Labute approximate surface area is 305 Å². The van der Waals surface area contributed by atoms with E-state index in [1.54, 1.807) is 30.0 Å². The van der Waals surface area contributed by atoms with E-state index in [4.69, 9.17) is 25.8 Å². The van der Waals surface area contributed by atoms with Gasteiger partial charge in [0.25, 0.3) is 11.8 Å². The molecule has 5 atom stereocenters. The molecule has 1 aliphatic carbocycles. The first kappa shape index (κ1) is 36.8. The molecule has 9 nitrogen and oxygen atoms in total. The number of amides is 1. The zero-order valence-corrected chi connectivity index (χ0v) is 31.1. The number of alkyl halides is 2. The molecule has 0 radical (unpaired) electrons. The molecule has 51 heavy (non-hydrogen) atoms. The van der Waals surface area contributed by atoms with Gasteiger partial charge in [0.2, 0.25) is 10.0 Å². The van der Waals surface area contributed by atoms with Crippen LogP contribution in [0.1, 0.15) is 80.3 Å². The summed E-state index contributed by atoms with van der Waals surface area (Å²) in [6, 6.07) is 10.9. The first-order valence-electron chi connectivity index (χ1n) is 18.6. The van der Waals surface area contributed by atoms with E-state index in [0.29, 0.717) is 48.8 Å². The van der Waals surface area contributed by atoms with E-state index >= 15 is 0 Å². The Morgan fingerprint density at radius 1 is 0.922 bits per heavy atom. The topological polar surface area (TPSA) is 97.4 Å². The third-order valence-electron chi connectivity index (χ3n) is 12.1. The van der Waals surface area contributed by atoms with Crippen LogP contribution in [0.2, 0.25) is 5.02 Å². The molecule has 2 bridgehead atoms. The van der Waals surface area contributed by atoms with Crippen molar-refractivity contribution < 1.29 is 36.2 Å². The van der Waals surface area contributed by atoms with Crippen LogP contribution in [0.25, 0.3) is 0 Å². The molecule has 1 amide bonds. The van der Waals surface area contributed by atoms with Gasteiger partial charge >= 0.3 is 0 Å². The Kier molecular flexibility index (Phi) is 10.9. The number of benzene rings is 2. The monoisotopic (exact) mass is 749 g/mol. The van der Waals surface area contributed by atoms with Crippen molar-refractivity contribution in [2.75, 3.05) is 44.3 Å². The van der Waals surface area contributed by atoms with Gasteiger partial charge in [-0.25, -0.2) is 21.9 Å². The Hall–Kier alpha value is -2.51. The minimum absolute atomic E-state index is 0.0829. The number of sulfonamides is 1. The molecule has 280 valence electrons. The number of halogens is 3. The van der Waals surface area contributed by atoms with Crippen LogP contribution in [0.15, 0.2) is 36.4 Å². The van der Waals surface area contributed by atoms with E-state index in [0.717, 1.165) is 74.8 Å². The predicted octanol–water partition coefficient (Wildman–Crippen LogP) is 6.66. The molecule has 13 heteroatoms. The SMILES string of the molecule is C[C@@H]1[C@@H](C)CCC[C@@H]([C@H]2OC[C@H](N3CC(F)(F)C3)CO2)[C@@H]2CC[C@H]2CN2CCCCc3cc(Cl)ccc3COc3ccc(cc32)C(=O)NS1(=O)=O. The van der Waals surface area contributed by atoms with Gasteiger partial charge in [0.05, 0.1) is 43.3 Å². The minimum atomic E-state index is -3.96. The van der Waals surface area contributed by atoms with Crippen LogP contribution in [-0.4, -0.2) is 82.1 Å². The molecule has 2 aromatic rings. The summed E-state index contributed by atoms with van der Waals surface area (Å²) in [5.41, 5.74) is 3.25. The van der Waals surface area contributed by atoms with Gasteiger partial charge in [-0.3, -0.25) is 9.69 Å². The lowest BCUT2D eigenvalue weighted by molar-refractivity contribution is -0.260. The summed E-state index contributed by atoms with van der Waals surface area (Å²) in [5, 5.41) is -0.0892. The second-order valence-corrected chi connectivity index (χ2v) is 18.0. The molecule has 0 aromatic heterocycles. The number of likely N-dealkylation sites (tertiary alicyclic amines) is 1. The van der Waals surface area contributed by atoms with Crippen molar-refractivity contribution in [3.8, 4) is 5.75 Å². The van der Waals surface area contributed by atoms with Crippen molar-refractivity contribution in [1.29, 1.82) is 0 Å². The van der Waals surface area contributed by atoms with Gasteiger partial charge in [0, 0.05) is 29.6 Å². The molecule has 5 aliphatic rings. The van der Waals surface area contributed by atoms with Crippen molar-refractivity contribution in [3.05, 3.63) is 58.1 Å². The lowest BCUT2D eigenvalue weighted by Gasteiger charge is -2.50. The van der Waals surface area contributed by atoms with Gasteiger partial charge < -0.3 is 19.1 Å². The summed E-state index contributed by atoms with van der Waals surface area (Å²) >= 11 is 6.37. The van der Waals surface area contributed by atoms with E-state index in [9.17, 15) is 22.0 Å². The number of carbonyl (C=O) groups excluding carboxylic acids is 1. The largest absolute Gasteiger partial charge is 0.487 e. The first-order valence-corrected chi connectivity index (χ1v) is 20.5. The fourth-order valence-electron chi connectivity index (χ4n) is 8.57. The van der Waals surface area contributed by atoms with Gasteiger partial charge in [-0.15, -0.1) is 0 Å². The maximum Gasteiger partial charge on any atom is 0.272 e. The number of nitrogens with zero attached hydrogens (tertiary/aromatic N) is 2. The summed E-state index contributed by atoms with van der Waals surface area (Å²) in [6.45, 7) is 5.58. The zero-order valence-electron chi connectivity index (χ0n) is 29.5. The van der Waals surface area contributed by atoms with Crippen LogP contribution in [0.4, 0.5) is 14.5 Å². The summed E-state index contributed by atoms with van der Waals surface area (Å²) in [4.78, 5) is 17.6. The zero-order chi connectivity index (χ0) is 35.9. The average molecular weight is 750 g/mol. The van der Waals surface area contributed by atoms with Crippen LogP contribution in [0.3, 0.4) is 0 Å². The molecular formula is C38H50ClF2N3O6S. The summed E-state index contributed by atoms with van der Waals surface area (Å²) in [5.74, 6) is -2.12. The van der Waals surface area contributed by atoms with E-state index in [1.165, 1.54) is 0 Å². The summed E-state index contributed by atoms with van der Waals surface area (Å²) in [7, 11) is -3.96. The number of aryl methyl sites for hydroxylation is 1. The van der Waals surface area contributed by atoms with E-state index in [-0.39, 0.29) is 36.5 Å². The highest BCUT2D eigenvalue weighted by molar-refractivity contribution is 7.90. The van der Waals surface area contributed by atoms with Gasteiger partial charge in [-0.05, 0) is 111 Å². The molecule has 1 saturated carbocycles. The van der Waals surface area contributed by atoms with Crippen molar-refractivity contribution in [2.24, 2.45) is 23.7 Å². The molecule has 4 heterocycles. The molecular weight excluding hydrogens is 700 g/mol. The van der Waals surface area contributed by atoms with Crippen molar-refractivity contribution in [1.82, 2.24) is 9.62 Å². The third-order valence-corrected chi connectivity index (χ3v) is 14.2. The number of hydrogen-bond acceptors (Lipinski definition) is 8. The maximum atomic E-state index is 13.6. The number of carbonyl (C=O) groups is 1. The predicted molar refractivity (Wildman–Crippen MR) is 192 cm³/mol. The molecule has 0 unspecified atom stereocenters. The van der Waals surface area contributed by atoms with Gasteiger partial charge in [-0.2, -0.15) is 0 Å². The Morgan fingerprint density at radius 2 is 1.71 bits per heavy atom. The highest BCUT2D eigenvalue weighted by Crippen LogP contribution is 2.47. The standard InChI is InChI=1S/C38H50ClF2N3O6S/c1-24-6-5-8-33(37-49-20-31(21-50-37)44-22-38(40,41)23-44)32-13-10-28(32)18-43-15-4-3-7-26-16-30(39)12-9-29(26)19-48-35-14-11-27(17-34(35)43)36(45)42-51(46,47)25(24)2/h9,11-12,14,16-17,24-25,28,31-33,37H,3-8,10,13,15,18-23H2,1-2H3,(H,42,45)/t24-,25+,28-,31-,32+,33+,37-/m0/s1.